The van der Waals surface area contributed by atoms with Crippen LogP contribution in [0.15, 0.2) is 18.3 Å². The van der Waals surface area contributed by atoms with Crippen LogP contribution >= 0.6 is 11.6 Å². The van der Waals surface area contributed by atoms with Crippen molar-refractivity contribution in [2.24, 2.45) is 0 Å². The molecule has 2 rings (SSSR count). The van der Waals surface area contributed by atoms with E-state index >= 15 is 0 Å². The lowest BCUT2D eigenvalue weighted by Gasteiger charge is -2.00. The number of hydrogen-bond donors (Lipinski definition) is 1. The van der Waals surface area contributed by atoms with Gasteiger partial charge in [0.05, 0.1) is 11.3 Å². The average molecular weight is 259 g/mol. The molecule has 0 amide bonds. The zero-order valence-electron chi connectivity index (χ0n) is 10.0. The van der Waals surface area contributed by atoms with E-state index in [4.69, 9.17) is 17.3 Å². The number of nitrogens with zero attached hydrogens (tertiary/aromatic N) is 3. The van der Waals surface area contributed by atoms with Crippen LogP contribution in [-0.4, -0.2) is 15.0 Å². The number of rotatable bonds is 0. The lowest BCUT2D eigenvalue weighted by atomic mass is 10.2. The first-order valence-electron chi connectivity index (χ1n) is 5.30. The minimum atomic E-state index is 0.153. The summed E-state index contributed by atoms with van der Waals surface area (Å²) in [5, 5.41) is 0.271. The SMILES string of the molecule is Cc1ccc(C#Cc2c(C)nc(N)nc2Cl)cn1. The zero-order chi connectivity index (χ0) is 13.1. The van der Waals surface area contributed by atoms with E-state index in [1.165, 1.54) is 0 Å². The van der Waals surface area contributed by atoms with Gasteiger partial charge in [-0.1, -0.05) is 23.4 Å². The molecular formula is C13H11ClN4. The van der Waals surface area contributed by atoms with Crippen LogP contribution < -0.4 is 5.73 Å². The Hall–Kier alpha value is -2.12. The third-order valence-corrected chi connectivity index (χ3v) is 2.58. The highest BCUT2D eigenvalue weighted by molar-refractivity contribution is 6.30. The Morgan fingerprint density at radius 3 is 2.56 bits per heavy atom. The van der Waals surface area contributed by atoms with Crippen LogP contribution in [0.25, 0.3) is 0 Å². The molecule has 4 nitrogen and oxygen atoms in total. The van der Waals surface area contributed by atoms with E-state index < -0.39 is 0 Å². The topological polar surface area (TPSA) is 64.7 Å². The lowest BCUT2D eigenvalue weighted by molar-refractivity contribution is 1.11. The fraction of sp³-hybridized carbons (Fsp3) is 0.154. The number of pyridine rings is 1. The number of nitrogen functional groups attached to an aromatic ring is 1. The van der Waals surface area contributed by atoms with E-state index in [0.29, 0.717) is 11.3 Å². The van der Waals surface area contributed by atoms with Gasteiger partial charge in [-0.2, -0.15) is 4.98 Å². The maximum atomic E-state index is 5.98. The maximum absolute atomic E-state index is 5.98. The van der Waals surface area contributed by atoms with Crippen molar-refractivity contribution in [2.45, 2.75) is 13.8 Å². The molecule has 18 heavy (non-hydrogen) atoms. The van der Waals surface area contributed by atoms with Crippen molar-refractivity contribution in [3.8, 4) is 11.8 Å². The van der Waals surface area contributed by atoms with Crippen LogP contribution in [0.2, 0.25) is 5.15 Å². The first-order valence-corrected chi connectivity index (χ1v) is 5.68. The number of nitrogens with two attached hydrogens (primary N) is 1. The molecule has 2 aromatic rings. The summed E-state index contributed by atoms with van der Waals surface area (Å²) >= 11 is 5.98. The molecule has 2 heterocycles. The predicted molar refractivity (Wildman–Crippen MR) is 71.1 cm³/mol. The van der Waals surface area contributed by atoms with Crippen LogP contribution in [0.5, 0.6) is 0 Å². The van der Waals surface area contributed by atoms with Crippen molar-refractivity contribution in [1.82, 2.24) is 15.0 Å². The predicted octanol–water partition coefficient (Wildman–Crippen LogP) is 2.12. The molecule has 0 aliphatic carbocycles. The molecule has 0 atom stereocenters. The first-order chi connectivity index (χ1) is 8.56. The standard InChI is InChI=1S/C13H11ClN4/c1-8-3-4-10(7-16-8)5-6-11-9(2)17-13(15)18-12(11)14/h3-4,7H,1-2H3,(H2,15,17,18). The number of halogens is 1. The van der Waals surface area contributed by atoms with Gasteiger partial charge in [-0.3, -0.25) is 4.98 Å². The first kappa shape index (κ1) is 12.3. The van der Waals surface area contributed by atoms with Crippen molar-refractivity contribution >= 4 is 17.5 Å². The van der Waals surface area contributed by atoms with Crippen LogP contribution in [0.1, 0.15) is 22.5 Å². The largest absolute Gasteiger partial charge is 0.368 e. The minimum Gasteiger partial charge on any atom is -0.368 e. The van der Waals surface area contributed by atoms with Crippen LogP contribution in [-0.2, 0) is 0 Å². The molecule has 0 bridgehead atoms. The van der Waals surface area contributed by atoms with E-state index in [1.54, 1.807) is 13.1 Å². The van der Waals surface area contributed by atoms with Crippen molar-refractivity contribution in [2.75, 3.05) is 5.73 Å². The Morgan fingerprint density at radius 2 is 1.94 bits per heavy atom. The quantitative estimate of drug-likeness (QED) is 0.581. The fourth-order valence-corrected chi connectivity index (χ4v) is 1.65. The number of anilines is 1. The smallest absolute Gasteiger partial charge is 0.221 e. The summed E-state index contributed by atoms with van der Waals surface area (Å²) in [4.78, 5) is 12.1. The zero-order valence-corrected chi connectivity index (χ0v) is 10.8. The monoisotopic (exact) mass is 258 g/mol. The molecule has 0 radical (unpaired) electrons. The fourth-order valence-electron chi connectivity index (χ4n) is 1.38. The third-order valence-electron chi connectivity index (χ3n) is 2.31. The Morgan fingerprint density at radius 1 is 1.17 bits per heavy atom. The summed E-state index contributed by atoms with van der Waals surface area (Å²) in [6.07, 6.45) is 1.71. The van der Waals surface area contributed by atoms with Gasteiger partial charge in [-0.15, -0.1) is 0 Å². The van der Waals surface area contributed by atoms with E-state index in [2.05, 4.69) is 26.8 Å². The summed E-state index contributed by atoms with van der Waals surface area (Å²) in [5.41, 5.74) is 8.51. The van der Waals surface area contributed by atoms with E-state index in [0.717, 1.165) is 11.3 Å². The van der Waals surface area contributed by atoms with Gasteiger partial charge in [-0.05, 0) is 26.0 Å². The van der Waals surface area contributed by atoms with E-state index in [9.17, 15) is 0 Å². The summed E-state index contributed by atoms with van der Waals surface area (Å²) in [6, 6.07) is 3.80. The van der Waals surface area contributed by atoms with E-state index in [1.807, 2.05) is 19.1 Å². The number of aromatic nitrogens is 3. The lowest BCUT2D eigenvalue weighted by Crippen LogP contribution is -2.00. The summed E-state index contributed by atoms with van der Waals surface area (Å²) in [7, 11) is 0. The molecule has 0 unspecified atom stereocenters. The van der Waals surface area contributed by atoms with Gasteiger partial charge in [0.2, 0.25) is 5.95 Å². The Kier molecular flexibility index (Phi) is 3.45. The van der Waals surface area contributed by atoms with Gasteiger partial charge in [-0.25, -0.2) is 4.98 Å². The number of hydrogen-bond acceptors (Lipinski definition) is 4. The molecular weight excluding hydrogens is 248 g/mol. The minimum absolute atomic E-state index is 0.153. The molecule has 2 aromatic heterocycles. The molecule has 0 aromatic carbocycles. The second kappa shape index (κ2) is 5.03. The molecule has 0 fully saturated rings. The molecule has 0 aliphatic rings. The Balaban J connectivity index is 2.38. The molecule has 90 valence electrons. The Bertz CT molecular complexity index is 615. The molecule has 0 aliphatic heterocycles. The normalized spacial score (nSPS) is 9.72. The van der Waals surface area contributed by atoms with Crippen molar-refractivity contribution < 1.29 is 0 Å². The van der Waals surface area contributed by atoms with Gasteiger partial charge >= 0.3 is 0 Å². The van der Waals surface area contributed by atoms with Crippen molar-refractivity contribution in [3.05, 3.63) is 46.0 Å². The molecule has 0 saturated carbocycles. The molecule has 0 spiro atoms. The van der Waals surface area contributed by atoms with Gasteiger partial charge in [0.25, 0.3) is 0 Å². The van der Waals surface area contributed by atoms with Crippen molar-refractivity contribution in [3.63, 3.8) is 0 Å². The van der Waals surface area contributed by atoms with Gasteiger partial charge in [0, 0.05) is 17.5 Å². The highest BCUT2D eigenvalue weighted by Crippen LogP contribution is 2.15. The highest BCUT2D eigenvalue weighted by Gasteiger charge is 2.05. The molecule has 5 heteroatoms. The summed E-state index contributed by atoms with van der Waals surface area (Å²) < 4.78 is 0. The second-order valence-electron chi connectivity index (χ2n) is 3.77. The second-order valence-corrected chi connectivity index (χ2v) is 4.13. The van der Waals surface area contributed by atoms with E-state index in [-0.39, 0.29) is 11.1 Å². The average Bonchev–Trinajstić information content (AvgIpc) is 2.30. The van der Waals surface area contributed by atoms with Gasteiger partial charge in [0.15, 0.2) is 5.15 Å². The maximum Gasteiger partial charge on any atom is 0.221 e. The van der Waals surface area contributed by atoms with Crippen LogP contribution in [0.3, 0.4) is 0 Å². The Labute approximate surface area is 110 Å². The molecule has 0 saturated heterocycles. The van der Waals surface area contributed by atoms with Crippen LogP contribution in [0.4, 0.5) is 5.95 Å². The van der Waals surface area contributed by atoms with Crippen LogP contribution in [0, 0.1) is 25.7 Å². The van der Waals surface area contributed by atoms with Gasteiger partial charge < -0.3 is 5.73 Å². The third kappa shape index (κ3) is 2.76. The van der Waals surface area contributed by atoms with Gasteiger partial charge in [0.1, 0.15) is 0 Å². The van der Waals surface area contributed by atoms with Crippen molar-refractivity contribution in [1.29, 1.82) is 0 Å². The summed E-state index contributed by atoms with van der Waals surface area (Å²) in [5.74, 6) is 6.07. The number of aryl methyl sites for hydroxylation is 2. The highest BCUT2D eigenvalue weighted by atomic mass is 35.5. The summed E-state index contributed by atoms with van der Waals surface area (Å²) in [6.45, 7) is 3.72. The molecule has 2 N–H and O–H groups in total.